The Morgan fingerprint density at radius 3 is 2.87 bits per heavy atom. The van der Waals surface area contributed by atoms with Crippen LogP contribution in [0.15, 0.2) is 29.2 Å². The summed E-state index contributed by atoms with van der Waals surface area (Å²) in [6, 6.07) is 6.49. The van der Waals surface area contributed by atoms with Crippen LogP contribution < -0.4 is 11.3 Å². The van der Waals surface area contributed by atoms with Crippen LogP contribution in [0, 0.1) is 5.82 Å². The van der Waals surface area contributed by atoms with Gasteiger partial charge in [-0.1, -0.05) is 19.1 Å². The Hall–Kier alpha value is -1.07. The topological polar surface area (TPSA) is 55.1 Å². The van der Waals surface area contributed by atoms with Crippen LogP contribution in [0.4, 0.5) is 4.39 Å². The first-order valence-electron chi connectivity index (χ1n) is 4.54. The van der Waals surface area contributed by atoms with Crippen molar-refractivity contribution in [2.75, 3.05) is 0 Å². The van der Waals surface area contributed by atoms with Crippen LogP contribution in [0.25, 0.3) is 0 Å². The molecule has 3 nitrogen and oxygen atoms in total. The van der Waals surface area contributed by atoms with Crippen LogP contribution in [-0.4, -0.2) is 11.2 Å². The molecule has 0 spiro atoms. The van der Waals surface area contributed by atoms with Crippen LogP contribution in [0.1, 0.15) is 13.3 Å². The first-order valence-corrected chi connectivity index (χ1v) is 5.42. The Bertz CT molecular complexity index is 346. The number of rotatable bonds is 4. The summed E-state index contributed by atoms with van der Waals surface area (Å²) in [5, 5.41) is -0.00884. The number of halogens is 1. The monoisotopic (exact) mass is 228 g/mol. The molecule has 15 heavy (non-hydrogen) atoms. The maximum Gasteiger partial charge on any atom is 0.234 e. The molecule has 82 valence electrons. The zero-order chi connectivity index (χ0) is 11.3. The molecule has 0 saturated heterocycles. The molecule has 0 heterocycles. The number of nitrogens with two attached hydrogens (primary N) is 1. The van der Waals surface area contributed by atoms with Gasteiger partial charge in [-0.2, -0.15) is 0 Å². The fourth-order valence-electron chi connectivity index (χ4n) is 1.12. The molecule has 1 atom stereocenters. The van der Waals surface area contributed by atoms with E-state index in [2.05, 4.69) is 5.43 Å². The molecule has 0 fully saturated rings. The average Bonchev–Trinajstić information content (AvgIpc) is 2.21. The molecule has 5 heteroatoms. The van der Waals surface area contributed by atoms with Crippen molar-refractivity contribution in [3.05, 3.63) is 30.1 Å². The first-order chi connectivity index (χ1) is 7.13. The third-order valence-electron chi connectivity index (χ3n) is 1.80. The van der Waals surface area contributed by atoms with E-state index in [1.165, 1.54) is 17.8 Å². The Morgan fingerprint density at radius 1 is 1.60 bits per heavy atom. The zero-order valence-corrected chi connectivity index (χ0v) is 9.18. The second kappa shape index (κ2) is 5.72. The molecule has 1 aromatic carbocycles. The van der Waals surface area contributed by atoms with Gasteiger partial charge in [0.05, 0.1) is 0 Å². The summed E-state index contributed by atoms with van der Waals surface area (Å²) in [6.07, 6.45) is 0.273. The van der Waals surface area contributed by atoms with Crippen molar-refractivity contribution >= 4 is 17.7 Å². The van der Waals surface area contributed by atoms with Gasteiger partial charge in [0.25, 0.3) is 0 Å². The molecule has 0 bridgehead atoms. The number of amides is 1. The third-order valence-corrected chi connectivity index (χ3v) is 2.95. The second-order valence-electron chi connectivity index (χ2n) is 3.13. The van der Waals surface area contributed by atoms with E-state index in [0.717, 1.165) is 0 Å². The maximum absolute atomic E-state index is 13.2. The number of benzene rings is 1. The lowest BCUT2D eigenvalue weighted by Crippen LogP contribution is -2.31. The van der Waals surface area contributed by atoms with Gasteiger partial charge in [-0.25, -0.2) is 10.2 Å². The van der Waals surface area contributed by atoms with Crippen LogP contribution in [0.2, 0.25) is 0 Å². The molecule has 0 aliphatic carbocycles. The summed E-state index contributed by atoms with van der Waals surface area (Å²) in [4.78, 5) is 11.5. The van der Waals surface area contributed by atoms with Gasteiger partial charge in [0, 0.05) is 16.6 Å². The van der Waals surface area contributed by atoms with Crippen molar-refractivity contribution in [1.29, 1.82) is 0 Å². The van der Waals surface area contributed by atoms with Gasteiger partial charge in [0.2, 0.25) is 5.91 Å². The Kier molecular flexibility index (Phi) is 4.58. The Labute approximate surface area is 92.2 Å². The number of carbonyl (C=O) groups excluding carboxylic acids is 1. The molecule has 1 unspecified atom stereocenters. The fraction of sp³-hybridized carbons (Fsp3) is 0.300. The minimum Gasteiger partial charge on any atom is -0.294 e. The van der Waals surface area contributed by atoms with Crippen LogP contribution >= 0.6 is 11.8 Å². The fourth-order valence-corrected chi connectivity index (χ4v) is 2.12. The van der Waals surface area contributed by atoms with Crippen LogP contribution in [-0.2, 0) is 4.79 Å². The van der Waals surface area contributed by atoms with Crippen LogP contribution in [0.3, 0.4) is 0 Å². The Balaban J connectivity index is 2.55. The van der Waals surface area contributed by atoms with Crippen molar-refractivity contribution < 1.29 is 9.18 Å². The van der Waals surface area contributed by atoms with Gasteiger partial charge in [-0.05, 0) is 12.1 Å². The van der Waals surface area contributed by atoms with Gasteiger partial charge >= 0.3 is 0 Å². The lowest BCUT2D eigenvalue weighted by molar-refractivity contribution is -0.121. The third kappa shape index (κ3) is 3.89. The number of carbonyl (C=O) groups is 1. The molecular formula is C10H13FN2OS. The number of thioether (sulfide) groups is 1. The number of hydrogen-bond acceptors (Lipinski definition) is 3. The number of nitrogens with one attached hydrogen (secondary N) is 1. The van der Waals surface area contributed by atoms with Gasteiger partial charge in [0.1, 0.15) is 5.82 Å². The lowest BCUT2D eigenvalue weighted by Gasteiger charge is -2.10. The number of hydrazine groups is 1. The lowest BCUT2D eigenvalue weighted by atomic mass is 10.3. The van der Waals surface area contributed by atoms with Crippen LogP contribution in [0.5, 0.6) is 0 Å². The van der Waals surface area contributed by atoms with Crippen molar-refractivity contribution in [3.63, 3.8) is 0 Å². The highest BCUT2D eigenvalue weighted by Crippen LogP contribution is 2.27. The minimum atomic E-state index is -0.262. The van der Waals surface area contributed by atoms with Gasteiger partial charge in [0.15, 0.2) is 0 Å². The molecule has 1 aromatic rings. The maximum atomic E-state index is 13.2. The van der Waals surface area contributed by atoms with Gasteiger partial charge in [-0.15, -0.1) is 11.8 Å². The quantitative estimate of drug-likeness (QED) is 0.357. The molecule has 1 rings (SSSR count). The van der Waals surface area contributed by atoms with E-state index in [9.17, 15) is 9.18 Å². The molecular weight excluding hydrogens is 215 g/mol. The average molecular weight is 228 g/mol. The van der Waals surface area contributed by atoms with Crippen molar-refractivity contribution in [3.8, 4) is 0 Å². The molecule has 1 amide bonds. The summed E-state index contributed by atoms with van der Waals surface area (Å²) in [5.41, 5.74) is 2.05. The zero-order valence-electron chi connectivity index (χ0n) is 8.37. The van der Waals surface area contributed by atoms with E-state index < -0.39 is 0 Å². The molecule has 0 saturated carbocycles. The summed E-state index contributed by atoms with van der Waals surface area (Å²) in [5.74, 6) is 4.46. The number of hydrogen-bond donors (Lipinski definition) is 2. The SMILES string of the molecule is CC(CC(=O)NN)Sc1ccccc1F. The summed E-state index contributed by atoms with van der Waals surface area (Å²) in [7, 11) is 0. The standard InChI is InChI=1S/C10H13FN2OS/c1-7(6-10(14)13-12)15-9-5-3-2-4-8(9)11/h2-5,7H,6,12H2,1H3,(H,13,14). The smallest absolute Gasteiger partial charge is 0.234 e. The molecule has 3 N–H and O–H groups in total. The second-order valence-corrected chi connectivity index (χ2v) is 4.61. The van der Waals surface area contributed by atoms with E-state index in [1.807, 2.05) is 6.92 Å². The van der Waals surface area contributed by atoms with Gasteiger partial charge < -0.3 is 0 Å². The van der Waals surface area contributed by atoms with Crippen molar-refractivity contribution in [2.45, 2.75) is 23.5 Å². The first kappa shape index (κ1) is 12.0. The molecule has 0 aliphatic heterocycles. The van der Waals surface area contributed by atoms with E-state index >= 15 is 0 Å². The predicted octanol–water partition coefficient (Wildman–Crippen LogP) is 1.69. The summed E-state index contributed by atoms with van der Waals surface area (Å²) >= 11 is 1.32. The highest BCUT2D eigenvalue weighted by Gasteiger charge is 2.11. The van der Waals surface area contributed by atoms with E-state index in [-0.39, 0.29) is 23.4 Å². The Morgan fingerprint density at radius 2 is 2.27 bits per heavy atom. The molecule has 0 aromatic heterocycles. The van der Waals surface area contributed by atoms with Crippen molar-refractivity contribution in [1.82, 2.24) is 5.43 Å². The molecule has 0 aliphatic rings. The van der Waals surface area contributed by atoms with E-state index in [4.69, 9.17) is 5.84 Å². The largest absolute Gasteiger partial charge is 0.294 e. The van der Waals surface area contributed by atoms with E-state index in [1.54, 1.807) is 18.2 Å². The van der Waals surface area contributed by atoms with E-state index in [0.29, 0.717) is 4.90 Å². The summed E-state index contributed by atoms with van der Waals surface area (Å²) in [6.45, 7) is 1.85. The predicted molar refractivity (Wildman–Crippen MR) is 58.7 cm³/mol. The summed E-state index contributed by atoms with van der Waals surface area (Å²) < 4.78 is 13.2. The highest BCUT2D eigenvalue weighted by atomic mass is 32.2. The van der Waals surface area contributed by atoms with Crippen molar-refractivity contribution in [2.24, 2.45) is 5.84 Å². The van der Waals surface area contributed by atoms with Gasteiger partial charge in [-0.3, -0.25) is 10.2 Å². The minimum absolute atomic E-state index is 0.00884. The normalized spacial score (nSPS) is 12.2. The molecule has 0 radical (unpaired) electrons. The highest BCUT2D eigenvalue weighted by molar-refractivity contribution is 8.00.